The summed E-state index contributed by atoms with van der Waals surface area (Å²) in [4.78, 5) is 40.3. The van der Waals surface area contributed by atoms with Crippen LogP contribution in [0.4, 0.5) is 0 Å². The fourth-order valence-electron chi connectivity index (χ4n) is 2.36. The van der Waals surface area contributed by atoms with Crippen LogP contribution in [0.25, 0.3) is 10.9 Å². The number of carbonyl (C=O) groups is 2. The lowest BCUT2D eigenvalue weighted by molar-refractivity contribution is -0.126. The Morgan fingerprint density at radius 3 is 2.42 bits per heavy atom. The van der Waals surface area contributed by atoms with E-state index in [9.17, 15) is 14.4 Å². The first-order chi connectivity index (χ1) is 12.3. The lowest BCUT2D eigenvalue weighted by Gasteiger charge is -2.11. The molecule has 9 nitrogen and oxygen atoms in total. The van der Waals surface area contributed by atoms with E-state index >= 15 is 0 Å². The second-order valence-electron chi connectivity index (χ2n) is 5.90. The first-order valence-corrected chi connectivity index (χ1v) is 8.03. The average Bonchev–Trinajstić information content (AvgIpc) is 2.60. The van der Waals surface area contributed by atoms with E-state index in [0.717, 1.165) is 0 Å². The van der Waals surface area contributed by atoms with Crippen molar-refractivity contribution in [1.82, 2.24) is 20.2 Å². The van der Waals surface area contributed by atoms with Crippen molar-refractivity contribution in [2.75, 3.05) is 20.8 Å². The lowest BCUT2D eigenvalue weighted by atomic mass is 10.2. The molecule has 1 heterocycles. The molecule has 0 saturated heterocycles. The zero-order valence-electron chi connectivity index (χ0n) is 15.2. The van der Waals surface area contributed by atoms with Gasteiger partial charge in [0.05, 0.1) is 38.0 Å². The summed E-state index contributed by atoms with van der Waals surface area (Å²) in [7, 11) is 2.96. The molecule has 0 aliphatic heterocycles. The summed E-state index contributed by atoms with van der Waals surface area (Å²) in [5.74, 6) is 0.0896. The van der Waals surface area contributed by atoms with Gasteiger partial charge in [0.25, 0.3) is 5.56 Å². The number of nitrogens with zero attached hydrogens (tertiary/aromatic N) is 2. The maximum absolute atomic E-state index is 12.6. The molecule has 140 valence electrons. The van der Waals surface area contributed by atoms with E-state index in [4.69, 9.17) is 9.47 Å². The highest BCUT2D eigenvalue weighted by molar-refractivity contribution is 5.85. The number of rotatable bonds is 7. The normalized spacial score (nSPS) is 10.7. The van der Waals surface area contributed by atoms with Crippen LogP contribution < -0.4 is 25.7 Å². The average molecular weight is 362 g/mol. The molecule has 0 aliphatic carbocycles. The standard InChI is InChI=1S/C17H22N4O5/c1-10(2)20-15(22)7-18-16(23)8-21-9-19-12-6-14(26-4)13(25-3)5-11(12)17(21)24/h5-6,9-10H,7-8H2,1-4H3,(H,18,23)(H,20,22). The maximum atomic E-state index is 12.6. The predicted molar refractivity (Wildman–Crippen MR) is 95.4 cm³/mol. The van der Waals surface area contributed by atoms with Gasteiger partial charge < -0.3 is 20.1 Å². The van der Waals surface area contributed by atoms with Gasteiger partial charge in [0.2, 0.25) is 11.8 Å². The third kappa shape index (κ3) is 4.50. The number of ether oxygens (including phenoxy) is 2. The Hall–Kier alpha value is -3.10. The number of hydrogen-bond donors (Lipinski definition) is 2. The Labute approximate surface area is 150 Å². The Morgan fingerprint density at radius 1 is 1.15 bits per heavy atom. The van der Waals surface area contributed by atoms with Gasteiger partial charge in [-0.15, -0.1) is 0 Å². The number of aromatic nitrogens is 2. The van der Waals surface area contributed by atoms with Gasteiger partial charge in [0, 0.05) is 12.1 Å². The van der Waals surface area contributed by atoms with Gasteiger partial charge in [-0.3, -0.25) is 19.0 Å². The number of carbonyl (C=O) groups excluding carboxylic acids is 2. The van der Waals surface area contributed by atoms with Crippen molar-refractivity contribution in [2.24, 2.45) is 0 Å². The maximum Gasteiger partial charge on any atom is 0.261 e. The van der Waals surface area contributed by atoms with Gasteiger partial charge in [0.15, 0.2) is 11.5 Å². The van der Waals surface area contributed by atoms with Gasteiger partial charge in [-0.25, -0.2) is 4.98 Å². The quantitative estimate of drug-likeness (QED) is 0.720. The summed E-state index contributed by atoms with van der Waals surface area (Å²) >= 11 is 0. The Kier molecular flexibility index (Phi) is 6.16. The first kappa shape index (κ1) is 19.2. The van der Waals surface area contributed by atoms with Gasteiger partial charge >= 0.3 is 0 Å². The molecule has 1 aromatic carbocycles. The molecule has 2 rings (SSSR count). The summed E-state index contributed by atoms with van der Waals surface area (Å²) in [6.45, 7) is 3.25. The fourth-order valence-corrected chi connectivity index (χ4v) is 2.36. The van der Waals surface area contributed by atoms with E-state index < -0.39 is 11.5 Å². The van der Waals surface area contributed by atoms with E-state index in [-0.39, 0.29) is 25.0 Å². The third-order valence-corrected chi connectivity index (χ3v) is 3.54. The molecule has 0 saturated carbocycles. The van der Waals surface area contributed by atoms with Gasteiger partial charge in [-0.05, 0) is 19.9 Å². The van der Waals surface area contributed by atoms with Crippen LogP contribution in [-0.4, -0.2) is 48.2 Å². The second-order valence-corrected chi connectivity index (χ2v) is 5.90. The number of nitrogens with one attached hydrogen (secondary N) is 2. The molecule has 2 N–H and O–H groups in total. The van der Waals surface area contributed by atoms with Gasteiger partial charge in [0.1, 0.15) is 6.54 Å². The highest BCUT2D eigenvalue weighted by Gasteiger charge is 2.13. The molecule has 2 amide bonds. The molecule has 2 aromatic rings. The van der Waals surface area contributed by atoms with Crippen LogP contribution >= 0.6 is 0 Å². The Morgan fingerprint density at radius 2 is 1.81 bits per heavy atom. The van der Waals surface area contributed by atoms with Crippen molar-refractivity contribution in [3.8, 4) is 11.5 Å². The summed E-state index contributed by atoms with van der Waals surface area (Å²) in [6.07, 6.45) is 1.28. The molecular weight excluding hydrogens is 340 g/mol. The van der Waals surface area contributed by atoms with Crippen molar-refractivity contribution >= 4 is 22.7 Å². The third-order valence-electron chi connectivity index (χ3n) is 3.54. The monoisotopic (exact) mass is 362 g/mol. The summed E-state index contributed by atoms with van der Waals surface area (Å²) in [5.41, 5.74) is 0.0401. The van der Waals surface area contributed by atoms with Crippen LogP contribution in [0, 0.1) is 0 Å². The topological polar surface area (TPSA) is 112 Å². The number of amides is 2. The molecular formula is C17H22N4O5. The smallest absolute Gasteiger partial charge is 0.261 e. The number of methoxy groups -OCH3 is 2. The molecule has 0 spiro atoms. The largest absolute Gasteiger partial charge is 0.493 e. The van der Waals surface area contributed by atoms with E-state index in [1.165, 1.54) is 31.2 Å². The predicted octanol–water partition coefficient (Wildman–Crippen LogP) is 0.0545. The van der Waals surface area contributed by atoms with Crippen molar-refractivity contribution in [1.29, 1.82) is 0 Å². The van der Waals surface area contributed by atoms with E-state index in [1.54, 1.807) is 6.07 Å². The molecule has 26 heavy (non-hydrogen) atoms. The minimum Gasteiger partial charge on any atom is -0.493 e. The molecule has 0 unspecified atom stereocenters. The first-order valence-electron chi connectivity index (χ1n) is 8.03. The SMILES string of the molecule is COc1cc2ncn(CC(=O)NCC(=O)NC(C)C)c(=O)c2cc1OC. The zero-order valence-corrected chi connectivity index (χ0v) is 15.2. The van der Waals surface area contributed by atoms with Crippen molar-refractivity contribution in [2.45, 2.75) is 26.4 Å². The lowest BCUT2D eigenvalue weighted by Crippen LogP contribution is -2.41. The molecule has 0 atom stereocenters. The summed E-state index contributed by atoms with van der Waals surface area (Å²) in [6, 6.07) is 3.10. The summed E-state index contributed by atoms with van der Waals surface area (Å²) in [5, 5.41) is 5.43. The number of benzene rings is 1. The van der Waals surface area contributed by atoms with Crippen LogP contribution in [-0.2, 0) is 16.1 Å². The second kappa shape index (κ2) is 8.32. The molecule has 0 bridgehead atoms. The van der Waals surface area contributed by atoms with E-state index in [2.05, 4.69) is 15.6 Å². The molecule has 9 heteroatoms. The molecule has 0 radical (unpaired) electrons. The zero-order chi connectivity index (χ0) is 19.3. The highest BCUT2D eigenvalue weighted by atomic mass is 16.5. The van der Waals surface area contributed by atoms with Crippen LogP contribution in [0.5, 0.6) is 11.5 Å². The van der Waals surface area contributed by atoms with Crippen LogP contribution in [0.3, 0.4) is 0 Å². The van der Waals surface area contributed by atoms with Gasteiger partial charge in [-0.1, -0.05) is 0 Å². The number of hydrogen-bond acceptors (Lipinski definition) is 6. The van der Waals surface area contributed by atoms with Crippen molar-refractivity contribution in [3.05, 3.63) is 28.8 Å². The van der Waals surface area contributed by atoms with Crippen LogP contribution in [0.2, 0.25) is 0 Å². The Balaban J connectivity index is 2.17. The fraction of sp³-hybridized carbons (Fsp3) is 0.412. The Bertz CT molecular complexity index is 875. The van der Waals surface area contributed by atoms with Crippen LogP contribution in [0.1, 0.15) is 13.8 Å². The molecule has 0 aliphatic rings. The summed E-state index contributed by atoms with van der Waals surface area (Å²) < 4.78 is 11.5. The van der Waals surface area contributed by atoms with Crippen molar-refractivity contribution < 1.29 is 19.1 Å². The minimum absolute atomic E-state index is 0.0151. The van der Waals surface area contributed by atoms with Crippen LogP contribution in [0.15, 0.2) is 23.3 Å². The molecule has 0 fully saturated rings. The van der Waals surface area contributed by atoms with Crippen molar-refractivity contribution in [3.63, 3.8) is 0 Å². The molecule has 1 aromatic heterocycles. The minimum atomic E-state index is -0.465. The van der Waals surface area contributed by atoms with E-state index in [1.807, 2.05) is 13.8 Å². The highest BCUT2D eigenvalue weighted by Crippen LogP contribution is 2.29. The number of fused-ring (bicyclic) bond motifs is 1. The van der Waals surface area contributed by atoms with E-state index in [0.29, 0.717) is 22.4 Å². The van der Waals surface area contributed by atoms with Gasteiger partial charge in [-0.2, -0.15) is 0 Å².